The van der Waals surface area contributed by atoms with E-state index in [1.807, 2.05) is 16.8 Å². The Bertz CT molecular complexity index is 473. The molecule has 2 N–H and O–H groups in total. The van der Waals surface area contributed by atoms with Crippen LogP contribution in [0.3, 0.4) is 0 Å². The summed E-state index contributed by atoms with van der Waals surface area (Å²) in [6.07, 6.45) is 3.67. The zero-order valence-electron chi connectivity index (χ0n) is 9.85. The van der Waals surface area contributed by atoms with Crippen molar-refractivity contribution < 1.29 is 0 Å². The first kappa shape index (κ1) is 11.1. The summed E-state index contributed by atoms with van der Waals surface area (Å²) in [5.41, 5.74) is 8.66. The molecular formula is C12H18N4. The standard InChI is InChI=1S/C12H18N4/c1-9(2)7-10-3-4-12-14-8-11(5-6-13)16(12)15-10/h3-4,8-9H,5-7,13H2,1-2H3. The molecule has 0 aliphatic heterocycles. The third-order valence-corrected chi connectivity index (χ3v) is 2.51. The lowest BCUT2D eigenvalue weighted by atomic mass is 10.1. The second-order valence-electron chi connectivity index (χ2n) is 4.48. The van der Waals surface area contributed by atoms with Crippen molar-refractivity contribution in [2.24, 2.45) is 11.7 Å². The average Bonchev–Trinajstić information content (AvgIpc) is 2.61. The smallest absolute Gasteiger partial charge is 0.153 e. The van der Waals surface area contributed by atoms with Gasteiger partial charge in [-0.2, -0.15) is 5.10 Å². The second-order valence-corrected chi connectivity index (χ2v) is 4.48. The molecule has 2 aromatic rings. The van der Waals surface area contributed by atoms with Gasteiger partial charge < -0.3 is 5.73 Å². The summed E-state index contributed by atoms with van der Waals surface area (Å²) in [4.78, 5) is 4.30. The second kappa shape index (κ2) is 4.61. The third-order valence-electron chi connectivity index (χ3n) is 2.51. The Balaban J connectivity index is 2.37. The number of fused-ring (bicyclic) bond motifs is 1. The molecule has 2 aromatic heterocycles. The van der Waals surface area contributed by atoms with Gasteiger partial charge in [0.15, 0.2) is 5.65 Å². The van der Waals surface area contributed by atoms with Crippen LogP contribution in [0.2, 0.25) is 0 Å². The number of rotatable bonds is 4. The summed E-state index contributed by atoms with van der Waals surface area (Å²) >= 11 is 0. The Morgan fingerprint density at radius 1 is 1.38 bits per heavy atom. The fourth-order valence-electron chi connectivity index (χ4n) is 1.80. The van der Waals surface area contributed by atoms with E-state index in [1.165, 1.54) is 0 Å². The number of nitrogens with two attached hydrogens (primary N) is 1. The SMILES string of the molecule is CC(C)Cc1ccc2ncc(CCN)n2n1. The molecule has 0 unspecified atom stereocenters. The van der Waals surface area contributed by atoms with Gasteiger partial charge in [0.1, 0.15) is 0 Å². The van der Waals surface area contributed by atoms with Crippen LogP contribution >= 0.6 is 0 Å². The Hall–Kier alpha value is -1.42. The minimum absolute atomic E-state index is 0.617. The monoisotopic (exact) mass is 218 g/mol. The van der Waals surface area contributed by atoms with Gasteiger partial charge in [0.25, 0.3) is 0 Å². The van der Waals surface area contributed by atoms with E-state index in [4.69, 9.17) is 5.73 Å². The van der Waals surface area contributed by atoms with Gasteiger partial charge in [0, 0.05) is 6.42 Å². The fraction of sp³-hybridized carbons (Fsp3) is 0.500. The van der Waals surface area contributed by atoms with Gasteiger partial charge in [-0.15, -0.1) is 0 Å². The third kappa shape index (κ3) is 2.22. The van der Waals surface area contributed by atoms with Crippen LogP contribution in [0.1, 0.15) is 25.2 Å². The number of aromatic nitrogens is 3. The summed E-state index contributed by atoms with van der Waals surface area (Å²) in [5, 5.41) is 4.59. The lowest BCUT2D eigenvalue weighted by Crippen LogP contribution is -2.08. The topological polar surface area (TPSA) is 56.2 Å². The number of hydrogen-bond acceptors (Lipinski definition) is 3. The molecule has 0 fully saturated rings. The quantitative estimate of drug-likeness (QED) is 0.844. The van der Waals surface area contributed by atoms with Crippen LogP contribution in [-0.2, 0) is 12.8 Å². The van der Waals surface area contributed by atoms with Crippen LogP contribution in [0.25, 0.3) is 5.65 Å². The van der Waals surface area contributed by atoms with E-state index in [9.17, 15) is 0 Å². The number of hydrogen-bond donors (Lipinski definition) is 1. The van der Waals surface area contributed by atoms with E-state index < -0.39 is 0 Å². The highest BCUT2D eigenvalue weighted by atomic mass is 15.3. The van der Waals surface area contributed by atoms with Crippen molar-refractivity contribution in [1.29, 1.82) is 0 Å². The van der Waals surface area contributed by atoms with Crippen LogP contribution in [-0.4, -0.2) is 21.1 Å². The van der Waals surface area contributed by atoms with E-state index in [-0.39, 0.29) is 0 Å². The van der Waals surface area contributed by atoms with Crippen molar-refractivity contribution in [1.82, 2.24) is 14.6 Å². The van der Waals surface area contributed by atoms with Gasteiger partial charge in [-0.25, -0.2) is 9.50 Å². The summed E-state index contributed by atoms with van der Waals surface area (Å²) in [5.74, 6) is 0.617. The Kier molecular flexibility index (Phi) is 3.19. The van der Waals surface area contributed by atoms with Gasteiger partial charge in [-0.3, -0.25) is 0 Å². The van der Waals surface area contributed by atoms with Crippen LogP contribution in [0.4, 0.5) is 0 Å². The van der Waals surface area contributed by atoms with Gasteiger partial charge in [0.05, 0.1) is 17.6 Å². The molecule has 0 radical (unpaired) electrons. The first-order chi connectivity index (χ1) is 7.70. The molecular weight excluding hydrogens is 200 g/mol. The zero-order chi connectivity index (χ0) is 11.5. The Labute approximate surface area is 95.5 Å². The predicted molar refractivity (Wildman–Crippen MR) is 64.3 cm³/mol. The molecule has 4 heteroatoms. The minimum Gasteiger partial charge on any atom is -0.330 e. The average molecular weight is 218 g/mol. The van der Waals surface area contributed by atoms with Gasteiger partial charge >= 0.3 is 0 Å². The molecule has 0 aliphatic carbocycles. The first-order valence-corrected chi connectivity index (χ1v) is 5.73. The molecule has 16 heavy (non-hydrogen) atoms. The Morgan fingerprint density at radius 3 is 2.88 bits per heavy atom. The number of imidazole rings is 1. The van der Waals surface area contributed by atoms with Crippen molar-refractivity contribution in [3.8, 4) is 0 Å². The van der Waals surface area contributed by atoms with Crippen LogP contribution in [0.5, 0.6) is 0 Å². The van der Waals surface area contributed by atoms with Crippen molar-refractivity contribution in [3.05, 3.63) is 29.7 Å². The molecule has 0 aromatic carbocycles. The lowest BCUT2D eigenvalue weighted by Gasteiger charge is -2.05. The maximum absolute atomic E-state index is 5.56. The fourth-order valence-corrected chi connectivity index (χ4v) is 1.80. The van der Waals surface area contributed by atoms with E-state index in [2.05, 4.69) is 30.0 Å². The first-order valence-electron chi connectivity index (χ1n) is 5.73. The highest BCUT2D eigenvalue weighted by Gasteiger charge is 2.05. The molecule has 86 valence electrons. The van der Waals surface area contributed by atoms with Crippen molar-refractivity contribution in [2.45, 2.75) is 26.7 Å². The maximum Gasteiger partial charge on any atom is 0.153 e. The molecule has 2 rings (SSSR count). The van der Waals surface area contributed by atoms with Crippen LogP contribution in [0.15, 0.2) is 18.3 Å². The van der Waals surface area contributed by atoms with E-state index >= 15 is 0 Å². The van der Waals surface area contributed by atoms with E-state index in [0.717, 1.165) is 29.9 Å². The summed E-state index contributed by atoms with van der Waals surface area (Å²) in [6.45, 7) is 5.02. The van der Waals surface area contributed by atoms with Crippen molar-refractivity contribution >= 4 is 5.65 Å². The summed E-state index contributed by atoms with van der Waals surface area (Å²) in [7, 11) is 0. The molecule has 0 saturated heterocycles. The highest BCUT2D eigenvalue weighted by molar-refractivity contribution is 5.38. The van der Waals surface area contributed by atoms with Crippen LogP contribution in [0, 0.1) is 5.92 Å². The summed E-state index contributed by atoms with van der Waals surface area (Å²) in [6, 6.07) is 4.07. The lowest BCUT2D eigenvalue weighted by molar-refractivity contribution is 0.621. The van der Waals surface area contributed by atoms with Gasteiger partial charge in [-0.05, 0) is 31.0 Å². The molecule has 2 heterocycles. The minimum atomic E-state index is 0.617. The molecule has 0 aliphatic rings. The summed E-state index contributed by atoms with van der Waals surface area (Å²) < 4.78 is 1.91. The van der Waals surface area contributed by atoms with E-state index in [0.29, 0.717) is 12.5 Å². The molecule has 0 amide bonds. The zero-order valence-corrected chi connectivity index (χ0v) is 9.85. The Morgan fingerprint density at radius 2 is 2.19 bits per heavy atom. The van der Waals surface area contributed by atoms with Gasteiger partial charge in [-0.1, -0.05) is 13.8 Å². The largest absolute Gasteiger partial charge is 0.330 e. The van der Waals surface area contributed by atoms with Gasteiger partial charge in [0.2, 0.25) is 0 Å². The van der Waals surface area contributed by atoms with Crippen molar-refractivity contribution in [3.63, 3.8) is 0 Å². The molecule has 0 saturated carbocycles. The predicted octanol–water partition coefficient (Wildman–Crippen LogP) is 1.43. The molecule has 4 nitrogen and oxygen atoms in total. The molecule has 0 bridgehead atoms. The molecule has 0 spiro atoms. The van der Waals surface area contributed by atoms with E-state index in [1.54, 1.807) is 0 Å². The normalized spacial score (nSPS) is 11.5. The number of nitrogens with zero attached hydrogens (tertiary/aromatic N) is 3. The highest BCUT2D eigenvalue weighted by Crippen LogP contribution is 2.09. The van der Waals surface area contributed by atoms with Crippen LogP contribution < -0.4 is 5.73 Å². The maximum atomic E-state index is 5.56. The molecule has 0 atom stereocenters. The van der Waals surface area contributed by atoms with Crippen molar-refractivity contribution in [2.75, 3.05) is 6.54 Å².